The lowest BCUT2D eigenvalue weighted by molar-refractivity contribution is -0.188. The van der Waals surface area contributed by atoms with Gasteiger partial charge in [0.2, 0.25) is 5.78 Å². The molecule has 4 rings (SSSR count). The molecule has 0 heterocycles. The first-order valence-electron chi connectivity index (χ1n) is 11.0. The minimum absolute atomic E-state index is 0.0510. The number of fused-ring (bicyclic) bond motifs is 5. The SMILES string of the molecule is CC(=O)O[C@]1(C(=O)C(C)=O)CC[C@H]2[C@@H]3CCC4=CC(=O)CC[C@]4(C)[C@H]3CC[C@@]21C. The summed E-state index contributed by atoms with van der Waals surface area (Å²) in [6.07, 6.45) is 8.29. The summed E-state index contributed by atoms with van der Waals surface area (Å²) in [4.78, 5) is 49.1. The molecule has 0 amide bonds. The number of carbonyl (C=O) groups excluding carboxylic acids is 4. The number of Topliss-reactive ketones (excluding diaryl/α,β-unsaturated/α-hetero) is 2. The zero-order chi connectivity index (χ0) is 21.2. The van der Waals surface area contributed by atoms with Gasteiger partial charge in [0.05, 0.1) is 0 Å². The largest absolute Gasteiger partial charge is 0.450 e. The minimum atomic E-state index is -1.32. The van der Waals surface area contributed by atoms with Crippen LogP contribution in [0.25, 0.3) is 0 Å². The second-order valence-corrected chi connectivity index (χ2v) is 10.3. The first-order valence-corrected chi connectivity index (χ1v) is 11.0. The lowest BCUT2D eigenvalue weighted by Crippen LogP contribution is -2.60. The third-order valence-electron chi connectivity index (χ3n) is 9.09. The van der Waals surface area contributed by atoms with Crippen molar-refractivity contribution in [2.75, 3.05) is 0 Å². The number of hydrogen-bond acceptors (Lipinski definition) is 5. The Balaban J connectivity index is 1.72. The first-order chi connectivity index (χ1) is 13.5. The fourth-order valence-electron chi connectivity index (χ4n) is 7.67. The molecule has 6 atom stereocenters. The molecule has 0 aromatic carbocycles. The fraction of sp³-hybridized carbons (Fsp3) is 0.750. The molecule has 0 N–H and O–H groups in total. The number of hydrogen-bond donors (Lipinski definition) is 0. The Morgan fingerprint density at radius 1 is 0.966 bits per heavy atom. The van der Waals surface area contributed by atoms with Crippen LogP contribution in [0.4, 0.5) is 0 Å². The second-order valence-electron chi connectivity index (χ2n) is 10.3. The Hall–Kier alpha value is -1.78. The fourth-order valence-corrected chi connectivity index (χ4v) is 7.67. The van der Waals surface area contributed by atoms with Crippen molar-refractivity contribution in [3.8, 4) is 0 Å². The molecule has 0 saturated heterocycles. The van der Waals surface area contributed by atoms with Gasteiger partial charge in [0.1, 0.15) is 0 Å². The highest BCUT2D eigenvalue weighted by molar-refractivity contribution is 6.39. The molecule has 158 valence electrons. The average Bonchev–Trinajstić information content (AvgIpc) is 2.94. The Kier molecular flexibility index (Phi) is 4.67. The van der Waals surface area contributed by atoms with E-state index in [2.05, 4.69) is 13.8 Å². The van der Waals surface area contributed by atoms with Crippen molar-refractivity contribution in [3.63, 3.8) is 0 Å². The Morgan fingerprint density at radius 3 is 2.31 bits per heavy atom. The van der Waals surface area contributed by atoms with Crippen LogP contribution in [0.2, 0.25) is 0 Å². The van der Waals surface area contributed by atoms with Crippen LogP contribution in [0.1, 0.15) is 79.1 Å². The van der Waals surface area contributed by atoms with Crippen molar-refractivity contribution in [2.24, 2.45) is 28.6 Å². The third kappa shape index (κ3) is 2.72. The monoisotopic (exact) mass is 400 g/mol. The van der Waals surface area contributed by atoms with Crippen LogP contribution in [0.15, 0.2) is 11.6 Å². The van der Waals surface area contributed by atoms with Crippen molar-refractivity contribution in [1.29, 1.82) is 0 Å². The Labute approximate surface area is 172 Å². The summed E-state index contributed by atoms with van der Waals surface area (Å²) in [5.41, 5.74) is -0.470. The van der Waals surface area contributed by atoms with E-state index in [-0.39, 0.29) is 17.1 Å². The molecular formula is C24H32O5. The smallest absolute Gasteiger partial charge is 0.303 e. The topological polar surface area (TPSA) is 77.5 Å². The van der Waals surface area contributed by atoms with Crippen molar-refractivity contribution < 1.29 is 23.9 Å². The zero-order valence-corrected chi connectivity index (χ0v) is 18.0. The maximum absolute atomic E-state index is 13.1. The summed E-state index contributed by atoms with van der Waals surface area (Å²) in [6, 6.07) is 0. The Bertz CT molecular complexity index is 825. The average molecular weight is 401 g/mol. The molecule has 0 aromatic heterocycles. The van der Waals surface area contributed by atoms with Gasteiger partial charge in [-0.3, -0.25) is 19.2 Å². The standard InChI is InChI=1S/C24H32O5/c1-14(25)21(28)24(29-15(2)26)12-9-20-18-6-5-16-13-17(27)7-10-22(16,3)19(18)8-11-23(20,24)4/h13,18-20H,5-12H2,1-4H3/t18-,19+,20+,22+,23+,24+/m1/s1. The lowest BCUT2D eigenvalue weighted by Gasteiger charge is -2.59. The van der Waals surface area contributed by atoms with Gasteiger partial charge in [-0.05, 0) is 74.2 Å². The molecule has 0 aromatic rings. The normalized spacial score (nSPS) is 43.5. The number of ether oxygens (including phenoxy) is 1. The van der Waals surface area contributed by atoms with Crippen LogP contribution in [-0.2, 0) is 23.9 Å². The first kappa shape index (κ1) is 20.5. The maximum atomic E-state index is 13.1. The van der Waals surface area contributed by atoms with Gasteiger partial charge < -0.3 is 4.74 Å². The number of carbonyl (C=O) groups is 4. The van der Waals surface area contributed by atoms with Crippen LogP contribution in [0.3, 0.4) is 0 Å². The molecule has 5 nitrogen and oxygen atoms in total. The van der Waals surface area contributed by atoms with Gasteiger partial charge in [0.25, 0.3) is 0 Å². The lowest BCUT2D eigenvalue weighted by atomic mass is 9.46. The van der Waals surface area contributed by atoms with Crippen molar-refractivity contribution in [1.82, 2.24) is 0 Å². The molecule has 4 aliphatic carbocycles. The zero-order valence-electron chi connectivity index (χ0n) is 18.0. The van der Waals surface area contributed by atoms with Gasteiger partial charge in [-0.1, -0.05) is 19.4 Å². The summed E-state index contributed by atoms with van der Waals surface area (Å²) >= 11 is 0. The number of rotatable bonds is 3. The van der Waals surface area contributed by atoms with Crippen LogP contribution in [0, 0.1) is 28.6 Å². The van der Waals surface area contributed by atoms with Gasteiger partial charge in [0.15, 0.2) is 17.2 Å². The summed E-state index contributed by atoms with van der Waals surface area (Å²) in [5.74, 6) is -0.145. The molecule has 3 saturated carbocycles. The van der Waals surface area contributed by atoms with Gasteiger partial charge in [-0.2, -0.15) is 0 Å². The van der Waals surface area contributed by atoms with E-state index in [1.807, 2.05) is 6.08 Å². The summed E-state index contributed by atoms with van der Waals surface area (Å²) in [5, 5.41) is 0. The summed E-state index contributed by atoms with van der Waals surface area (Å²) in [6.45, 7) is 7.01. The van der Waals surface area contributed by atoms with Crippen molar-refractivity contribution >= 4 is 23.3 Å². The predicted molar refractivity (Wildman–Crippen MR) is 107 cm³/mol. The van der Waals surface area contributed by atoms with E-state index in [0.717, 1.165) is 38.5 Å². The summed E-state index contributed by atoms with van der Waals surface area (Å²) in [7, 11) is 0. The third-order valence-corrected chi connectivity index (χ3v) is 9.09. The summed E-state index contributed by atoms with van der Waals surface area (Å²) < 4.78 is 5.75. The van der Waals surface area contributed by atoms with E-state index in [1.165, 1.54) is 19.4 Å². The predicted octanol–water partition coefficient (Wildman–Crippen LogP) is 3.98. The molecule has 0 bridgehead atoms. The Morgan fingerprint density at radius 2 is 1.66 bits per heavy atom. The highest BCUT2D eigenvalue weighted by atomic mass is 16.6. The van der Waals surface area contributed by atoms with E-state index in [9.17, 15) is 19.2 Å². The van der Waals surface area contributed by atoms with Crippen LogP contribution in [0.5, 0.6) is 0 Å². The van der Waals surface area contributed by atoms with Crippen molar-refractivity contribution in [2.45, 2.75) is 84.7 Å². The van der Waals surface area contributed by atoms with Crippen LogP contribution < -0.4 is 0 Å². The molecule has 3 fully saturated rings. The number of allylic oxidation sites excluding steroid dienone is 1. The molecule has 0 radical (unpaired) electrons. The molecule has 0 aliphatic heterocycles. The van der Waals surface area contributed by atoms with E-state index in [4.69, 9.17) is 4.74 Å². The van der Waals surface area contributed by atoms with E-state index in [0.29, 0.717) is 24.7 Å². The quantitative estimate of drug-likeness (QED) is 0.529. The van der Waals surface area contributed by atoms with Gasteiger partial charge >= 0.3 is 5.97 Å². The molecule has 0 unspecified atom stereocenters. The minimum Gasteiger partial charge on any atom is -0.450 e. The number of esters is 1. The van der Waals surface area contributed by atoms with Crippen LogP contribution in [-0.4, -0.2) is 28.9 Å². The van der Waals surface area contributed by atoms with Crippen LogP contribution >= 0.6 is 0 Å². The number of ketones is 3. The van der Waals surface area contributed by atoms with Gasteiger partial charge in [-0.15, -0.1) is 0 Å². The van der Waals surface area contributed by atoms with E-state index < -0.39 is 28.6 Å². The molecule has 5 heteroatoms. The molecule has 29 heavy (non-hydrogen) atoms. The van der Waals surface area contributed by atoms with E-state index >= 15 is 0 Å². The van der Waals surface area contributed by atoms with Crippen molar-refractivity contribution in [3.05, 3.63) is 11.6 Å². The second kappa shape index (κ2) is 6.61. The molecular weight excluding hydrogens is 368 g/mol. The van der Waals surface area contributed by atoms with E-state index in [1.54, 1.807) is 0 Å². The molecule has 4 aliphatic rings. The van der Waals surface area contributed by atoms with Gasteiger partial charge in [0, 0.05) is 25.7 Å². The highest BCUT2D eigenvalue weighted by Crippen LogP contribution is 2.68. The molecule has 0 spiro atoms. The highest BCUT2D eigenvalue weighted by Gasteiger charge is 2.69. The van der Waals surface area contributed by atoms with Gasteiger partial charge in [-0.25, -0.2) is 0 Å². The maximum Gasteiger partial charge on any atom is 0.303 e.